The normalized spacial score (nSPS) is 18.6. The standard InChI is InChI=1S/C20H27FN4O6S/c1-12(2)10-16(24-20(29)18(22)27)19(28)23-15-4-3-9-25(11-17(15)26)32(30,31)14-7-5-13(21)6-8-14/h5-8,12,15-16H,3-4,9-11H2,1-2H3,(H2,22,27)(H,23,28)(H,24,29)/t15?,16-/m0/s1. The van der Waals surface area contributed by atoms with Crippen LogP contribution in [0.3, 0.4) is 0 Å². The number of sulfonamides is 1. The molecule has 0 saturated carbocycles. The van der Waals surface area contributed by atoms with Gasteiger partial charge in [0.05, 0.1) is 17.5 Å². The summed E-state index contributed by atoms with van der Waals surface area (Å²) in [6, 6.07) is 2.24. The van der Waals surface area contributed by atoms with Crippen molar-refractivity contribution in [1.82, 2.24) is 14.9 Å². The molecule has 3 amide bonds. The molecule has 1 aliphatic heterocycles. The fourth-order valence-corrected chi connectivity index (χ4v) is 4.76. The Morgan fingerprint density at radius 3 is 2.41 bits per heavy atom. The number of benzene rings is 1. The second-order valence-electron chi connectivity index (χ2n) is 7.98. The maximum absolute atomic E-state index is 13.1. The van der Waals surface area contributed by atoms with Gasteiger partial charge in [0.2, 0.25) is 15.9 Å². The molecule has 0 spiro atoms. The van der Waals surface area contributed by atoms with Crippen molar-refractivity contribution < 1.29 is 32.0 Å². The van der Waals surface area contributed by atoms with E-state index in [1.807, 2.05) is 13.8 Å². The van der Waals surface area contributed by atoms with Crippen LogP contribution in [0.2, 0.25) is 0 Å². The smallest absolute Gasteiger partial charge is 0.309 e. The first-order valence-electron chi connectivity index (χ1n) is 10.1. The first-order chi connectivity index (χ1) is 14.9. The number of nitrogens with two attached hydrogens (primary N) is 1. The van der Waals surface area contributed by atoms with Crippen molar-refractivity contribution >= 4 is 33.5 Å². The Kier molecular flexibility index (Phi) is 8.44. The first-order valence-corrected chi connectivity index (χ1v) is 11.5. The number of halogens is 1. The van der Waals surface area contributed by atoms with Crippen molar-refractivity contribution in [3.05, 3.63) is 30.1 Å². The van der Waals surface area contributed by atoms with E-state index in [-0.39, 0.29) is 30.2 Å². The molecule has 1 aromatic rings. The van der Waals surface area contributed by atoms with Crippen molar-refractivity contribution in [3.8, 4) is 0 Å². The average molecular weight is 471 g/mol. The van der Waals surface area contributed by atoms with Crippen molar-refractivity contribution in [2.75, 3.05) is 13.1 Å². The summed E-state index contributed by atoms with van der Waals surface area (Å²) >= 11 is 0. The quantitative estimate of drug-likeness (QED) is 0.464. The Labute approximate surface area is 185 Å². The summed E-state index contributed by atoms with van der Waals surface area (Å²) < 4.78 is 39.8. The maximum atomic E-state index is 13.1. The minimum Gasteiger partial charge on any atom is -0.361 e. The van der Waals surface area contributed by atoms with Crippen molar-refractivity contribution in [2.24, 2.45) is 11.7 Å². The number of primary amides is 1. The summed E-state index contributed by atoms with van der Waals surface area (Å²) in [5.74, 6) is -4.14. The van der Waals surface area contributed by atoms with Crippen LogP contribution in [0.5, 0.6) is 0 Å². The Morgan fingerprint density at radius 2 is 1.84 bits per heavy atom. The number of hydrogen-bond acceptors (Lipinski definition) is 6. The highest BCUT2D eigenvalue weighted by Crippen LogP contribution is 2.20. The van der Waals surface area contributed by atoms with Gasteiger partial charge in [-0.2, -0.15) is 4.31 Å². The Morgan fingerprint density at radius 1 is 1.22 bits per heavy atom. The molecule has 2 atom stereocenters. The summed E-state index contributed by atoms with van der Waals surface area (Å²) in [6.45, 7) is 3.20. The number of nitrogens with one attached hydrogen (secondary N) is 2. The fourth-order valence-electron chi connectivity index (χ4n) is 3.31. The monoisotopic (exact) mass is 470 g/mol. The van der Waals surface area contributed by atoms with Crippen molar-refractivity contribution in [2.45, 2.75) is 50.1 Å². The van der Waals surface area contributed by atoms with Crippen LogP contribution in [0.15, 0.2) is 29.2 Å². The topological polar surface area (TPSA) is 156 Å². The molecule has 1 saturated heterocycles. The number of carbonyl (C=O) groups excluding carboxylic acids is 4. The van der Waals surface area contributed by atoms with E-state index in [9.17, 15) is 32.0 Å². The van der Waals surface area contributed by atoms with E-state index in [1.165, 1.54) is 0 Å². The third kappa shape index (κ3) is 6.57. The molecule has 32 heavy (non-hydrogen) atoms. The minimum atomic E-state index is -4.02. The van der Waals surface area contributed by atoms with Gasteiger partial charge in [-0.05, 0) is 49.4 Å². The highest BCUT2D eigenvalue weighted by atomic mass is 32.2. The second kappa shape index (κ2) is 10.6. The lowest BCUT2D eigenvalue weighted by atomic mass is 10.0. The fraction of sp³-hybridized carbons (Fsp3) is 0.500. The van der Waals surface area contributed by atoms with E-state index in [0.29, 0.717) is 6.42 Å². The SMILES string of the molecule is CC(C)C[C@H](NC(=O)C(N)=O)C(=O)NC1CCCN(S(=O)(=O)c2ccc(F)cc2)CC1=O. The van der Waals surface area contributed by atoms with Gasteiger partial charge in [-0.25, -0.2) is 12.8 Å². The van der Waals surface area contributed by atoms with Crippen LogP contribution in [0.4, 0.5) is 4.39 Å². The predicted octanol–water partition coefficient (Wildman–Crippen LogP) is -0.320. The lowest BCUT2D eigenvalue weighted by Gasteiger charge is -2.23. The number of Topliss-reactive ketones (excluding diaryl/α,β-unsaturated/α-hetero) is 1. The molecule has 12 heteroatoms. The number of hydrogen-bond donors (Lipinski definition) is 3. The van der Waals surface area contributed by atoms with Crippen molar-refractivity contribution in [1.29, 1.82) is 0 Å². The van der Waals surface area contributed by atoms with Crippen LogP contribution in [0.1, 0.15) is 33.1 Å². The Balaban J connectivity index is 2.11. The molecule has 0 aromatic heterocycles. The van der Waals surface area contributed by atoms with Gasteiger partial charge in [-0.15, -0.1) is 0 Å². The summed E-state index contributed by atoms with van der Waals surface area (Å²) in [6.07, 6.45) is 0.689. The third-order valence-corrected chi connectivity index (χ3v) is 6.80. The molecule has 176 valence electrons. The third-order valence-electron chi connectivity index (χ3n) is 4.94. The molecule has 0 aliphatic carbocycles. The van der Waals surface area contributed by atoms with Crippen LogP contribution in [-0.4, -0.2) is 61.4 Å². The number of ketones is 1. The van der Waals surface area contributed by atoms with Crippen LogP contribution >= 0.6 is 0 Å². The highest BCUT2D eigenvalue weighted by molar-refractivity contribution is 7.89. The molecular weight excluding hydrogens is 443 g/mol. The molecule has 1 aliphatic rings. The molecule has 2 rings (SSSR count). The number of carbonyl (C=O) groups is 4. The van der Waals surface area contributed by atoms with E-state index >= 15 is 0 Å². The van der Waals surface area contributed by atoms with Gasteiger partial charge in [-0.3, -0.25) is 19.2 Å². The molecule has 0 bridgehead atoms. The average Bonchev–Trinajstić information content (AvgIpc) is 2.89. The van der Waals surface area contributed by atoms with E-state index < -0.39 is 58.0 Å². The maximum Gasteiger partial charge on any atom is 0.309 e. The second-order valence-corrected chi connectivity index (χ2v) is 9.92. The van der Waals surface area contributed by atoms with Crippen LogP contribution in [-0.2, 0) is 29.2 Å². The van der Waals surface area contributed by atoms with E-state index in [0.717, 1.165) is 28.6 Å². The largest absolute Gasteiger partial charge is 0.361 e. The van der Waals surface area contributed by atoms with Crippen LogP contribution in [0.25, 0.3) is 0 Å². The van der Waals surface area contributed by atoms with Gasteiger partial charge < -0.3 is 16.4 Å². The number of rotatable bonds is 7. The van der Waals surface area contributed by atoms with Crippen LogP contribution in [0, 0.1) is 11.7 Å². The van der Waals surface area contributed by atoms with Gasteiger partial charge in [0.1, 0.15) is 11.9 Å². The van der Waals surface area contributed by atoms with Gasteiger partial charge in [0, 0.05) is 6.54 Å². The zero-order valence-corrected chi connectivity index (χ0v) is 18.7. The number of nitrogens with zero attached hydrogens (tertiary/aromatic N) is 1. The predicted molar refractivity (Wildman–Crippen MR) is 112 cm³/mol. The summed E-state index contributed by atoms with van der Waals surface area (Å²) in [5.41, 5.74) is 4.93. The molecule has 1 unspecified atom stereocenters. The summed E-state index contributed by atoms with van der Waals surface area (Å²) in [4.78, 5) is 48.0. The molecule has 1 aromatic carbocycles. The van der Waals surface area contributed by atoms with E-state index in [2.05, 4.69) is 10.6 Å². The zero-order valence-electron chi connectivity index (χ0n) is 17.8. The molecule has 0 radical (unpaired) electrons. The van der Waals surface area contributed by atoms with Gasteiger partial charge in [0.25, 0.3) is 0 Å². The van der Waals surface area contributed by atoms with Crippen molar-refractivity contribution in [3.63, 3.8) is 0 Å². The Hall–Kier alpha value is -2.86. The summed E-state index contributed by atoms with van der Waals surface area (Å²) in [5, 5.41) is 4.80. The molecule has 1 fully saturated rings. The van der Waals surface area contributed by atoms with E-state index in [1.54, 1.807) is 0 Å². The Bertz CT molecular complexity index is 980. The van der Waals surface area contributed by atoms with Gasteiger partial charge >= 0.3 is 11.8 Å². The highest BCUT2D eigenvalue weighted by Gasteiger charge is 2.34. The van der Waals surface area contributed by atoms with Gasteiger partial charge in [0.15, 0.2) is 5.78 Å². The molecular formula is C20H27FN4O6S. The lowest BCUT2D eigenvalue weighted by molar-refractivity contribution is -0.139. The first kappa shape index (κ1) is 25.4. The molecule has 10 nitrogen and oxygen atoms in total. The van der Waals surface area contributed by atoms with E-state index in [4.69, 9.17) is 5.73 Å². The number of amides is 3. The zero-order chi connectivity index (χ0) is 24.1. The van der Waals surface area contributed by atoms with Crippen LogP contribution < -0.4 is 16.4 Å². The molecule has 4 N–H and O–H groups in total. The summed E-state index contributed by atoms with van der Waals surface area (Å²) in [7, 11) is -4.02. The lowest BCUT2D eigenvalue weighted by Crippen LogP contribution is -2.54. The van der Waals surface area contributed by atoms with Gasteiger partial charge in [-0.1, -0.05) is 13.8 Å². The molecule has 1 heterocycles. The minimum absolute atomic E-state index is 0.0138.